The molecular weight excluding hydrogens is 314 g/mol. The normalized spacial score (nSPS) is 17.7. The second-order valence-electron chi connectivity index (χ2n) is 8.46. The molecule has 2 aromatic rings. The number of nitrogens with one attached hydrogen (secondary N) is 1. The minimum absolute atomic E-state index is 0.146. The maximum Gasteiger partial charge on any atom is 0.0667 e. The van der Waals surface area contributed by atoms with Crippen LogP contribution in [0.15, 0.2) is 48.5 Å². The summed E-state index contributed by atoms with van der Waals surface area (Å²) in [5.74, 6) is 1.78. The molecule has 0 aliphatic heterocycles. The smallest absolute Gasteiger partial charge is 0.0667 e. The zero-order chi connectivity index (χ0) is 18.6. The Kier molecular flexibility index (Phi) is 6.19. The number of hydrogen-bond donors (Lipinski definition) is 1. The first-order chi connectivity index (χ1) is 12.5. The summed E-state index contributed by atoms with van der Waals surface area (Å²) in [6.45, 7) is 10.2. The van der Waals surface area contributed by atoms with Crippen molar-refractivity contribution in [1.82, 2.24) is 5.32 Å². The van der Waals surface area contributed by atoms with Gasteiger partial charge in [-0.1, -0.05) is 88.1 Å². The Morgan fingerprint density at radius 2 is 1.69 bits per heavy atom. The molecule has 1 heteroatoms. The van der Waals surface area contributed by atoms with E-state index < -0.39 is 0 Å². The highest BCUT2D eigenvalue weighted by Crippen LogP contribution is 2.37. The molecule has 0 unspecified atom stereocenters. The van der Waals surface area contributed by atoms with Gasteiger partial charge in [-0.2, -0.15) is 0 Å². The number of benzene rings is 2. The molecular formula is C25H35N. The summed E-state index contributed by atoms with van der Waals surface area (Å²) in [7, 11) is 0. The van der Waals surface area contributed by atoms with E-state index in [1.54, 1.807) is 0 Å². The number of aryl methyl sites for hydroxylation is 1. The van der Waals surface area contributed by atoms with Crippen LogP contribution in [0, 0.1) is 18.8 Å². The van der Waals surface area contributed by atoms with Crippen molar-refractivity contribution in [1.29, 1.82) is 0 Å². The van der Waals surface area contributed by atoms with Crippen molar-refractivity contribution >= 4 is 0 Å². The molecule has 0 heterocycles. The zero-order valence-electron chi connectivity index (χ0n) is 17.0. The van der Waals surface area contributed by atoms with E-state index >= 15 is 0 Å². The summed E-state index contributed by atoms with van der Waals surface area (Å²) in [5, 5.41) is 3.81. The lowest BCUT2D eigenvalue weighted by Crippen LogP contribution is -2.42. The quantitative estimate of drug-likeness (QED) is 0.565. The second kappa shape index (κ2) is 8.39. The molecule has 3 rings (SSSR count). The fourth-order valence-corrected chi connectivity index (χ4v) is 4.41. The first-order valence-electron chi connectivity index (χ1n) is 10.4. The first kappa shape index (κ1) is 19.2. The summed E-state index contributed by atoms with van der Waals surface area (Å²) in [6.07, 6.45) is 6.90. The lowest BCUT2D eigenvalue weighted by molar-refractivity contribution is 0.436. The molecule has 26 heavy (non-hydrogen) atoms. The Bertz CT molecular complexity index is 716. The van der Waals surface area contributed by atoms with E-state index in [0.717, 1.165) is 18.4 Å². The molecule has 2 aromatic carbocycles. The lowest BCUT2D eigenvalue weighted by atomic mass is 9.78. The molecule has 0 bridgehead atoms. The fourth-order valence-electron chi connectivity index (χ4n) is 4.41. The van der Waals surface area contributed by atoms with Gasteiger partial charge in [-0.25, -0.2) is 0 Å². The summed E-state index contributed by atoms with van der Waals surface area (Å²) in [6, 6.07) is 17.9. The summed E-state index contributed by atoms with van der Waals surface area (Å²) < 4.78 is 0. The summed E-state index contributed by atoms with van der Waals surface area (Å²) in [4.78, 5) is 0. The first-order valence-corrected chi connectivity index (χ1v) is 10.4. The largest absolute Gasteiger partial charge is 0.304 e. The van der Waals surface area contributed by atoms with E-state index in [2.05, 4.69) is 81.5 Å². The van der Waals surface area contributed by atoms with Crippen LogP contribution in [0.1, 0.15) is 68.7 Å². The Morgan fingerprint density at radius 3 is 2.35 bits per heavy atom. The monoisotopic (exact) mass is 349 g/mol. The maximum atomic E-state index is 3.81. The molecule has 1 aliphatic carbocycles. The molecule has 0 radical (unpaired) electrons. The second-order valence-corrected chi connectivity index (χ2v) is 8.46. The van der Waals surface area contributed by atoms with E-state index in [0.29, 0.717) is 0 Å². The molecule has 0 amide bonds. The van der Waals surface area contributed by atoms with Gasteiger partial charge in [0.25, 0.3) is 0 Å². The lowest BCUT2D eigenvalue weighted by Gasteiger charge is -2.35. The minimum atomic E-state index is -0.146. The average molecular weight is 350 g/mol. The van der Waals surface area contributed by atoms with Crippen molar-refractivity contribution in [3.05, 3.63) is 70.8 Å². The van der Waals surface area contributed by atoms with Crippen LogP contribution >= 0.6 is 0 Å². The predicted octanol–water partition coefficient (Wildman–Crippen LogP) is 6.24. The van der Waals surface area contributed by atoms with Crippen molar-refractivity contribution in [2.45, 2.75) is 65.3 Å². The SMILES string of the molecule is CCN[C@@](C)(c1ccccc1C)c1ccccc1C[C@@H](C)CCC1CC1. The third-order valence-electron chi connectivity index (χ3n) is 6.10. The number of rotatable bonds is 9. The van der Waals surface area contributed by atoms with E-state index in [-0.39, 0.29) is 5.54 Å². The van der Waals surface area contributed by atoms with Gasteiger partial charge in [0, 0.05) is 0 Å². The van der Waals surface area contributed by atoms with E-state index in [9.17, 15) is 0 Å². The third-order valence-corrected chi connectivity index (χ3v) is 6.10. The van der Waals surface area contributed by atoms with Gasteiger partial charge in [-0.05, 0) is 60.9 Å². The molecule has 1 aliphatic rings. The average Bonchev–Trinajstić information content (AvgIpc) is 3.45. The van der Waals surface area contributed by atoms with Crippen LogP contribution in [-0.4, -0.2) is 6.54 Å². The minimum Gasteiger partial charge on any atom is -0.304 e. The highest BCUT2D eigenvalue weighted by molar-refractivity contribution is 5.45. The Hall–Kier alpha value is -1.60. The van der Waals surface area contributed by atoms with Crippen LogP contribution in [0.3, 0.4) is 0 Å². The van der Waals surface area contributed by atoms with Gasteiger partial charge in [0.2, 0.25) is 0 Å². The van der Waals surface area contributed by atoms with Gasteiger partial charge < -0.3 is 5.32 Å². The van der Waals surface area contributed by atoms with Gasteiger partial charge in [0.05, 0.1) is 5.54 Å². The van der Waals surface area contributed by atoms with Crippen LogP contribution in [0.4, 0.5) is 0 Å². The van der Waals surface area contributed by atoms with Gasteiger partial charge in [-0.15, -0.1) is 0 Å². The molecule has 2 atom stereocenters. The summed E-state index contributed by atoms with van der Waals surface area (Å²) in [5.41, 5.74) is 5.54. The molecule has 1 saturated carbocycles. The highest BCUT2D eigenvalue weighted by Gasteiger charge is 2.31. The van der Waals surface area contributed by atoms with Gasteiger partial charge in [-0.3, -0.25) is 0 Å². The van der Waals surface area contributed by atoms with Crippen LogP contribution in [0.2, 0.25) is 0 Å². The van der Waals surface area contributed by atoms with E-state index in [1.165, 1.54) is 54.4 Å². The van der Waals surface area contributed by atoms with Crippen molar-refractivity contribution in [2.75, 3.05) is 6.54 Å². The zero-order valence-corrected chi connectivity index (χ0v) is 17.0. The van der Waals surface area contributed by atoms with Crippen molar-refractivity contribution < 1.29 is 0 Å². The van der Waals surface area contributed by atoms with Crippen LogP contribution in [0.5, 0.6) is 0 Å². The van der Waals surface area contributed by atoms with Crippen LogP contribution < -0.4 is 5.32 Å². The van der Waals surface area contributed by atoms with Crippen LogP contribution in [0.25, 0.3) is 0 Å². The third kappa shape index (κ3) is 4.38. The Morgan fingerprint density at radius 1 is 1.04 bits per heavy atom. The molecule has 0 spiro atoms. The van der Waals surface area contributed by atoms with E-state index in [1.807, 2.05) is 0 Å². The molecule has 1 fully saturated rings. The molecule has 0 aromatic heterocycles. The maximum absolute atomic E-state index is 3.81. The fraction of sp³-hybridized carbons (Fsp3) is 0.520. The summed E-state index contributed by atoms with van der Waals surface area (Å²) >= 11 is 0. The molecule has 1 N–H and O–H groups in total. The van der Waals surface area contributed by atoms with Gasteiger partial charge >= 0.3 is 0 Å². The van der Waals surface area contributed by atoms with Gasteiger partial charge in [0.15, 0.2) is 0 Å². The van der Waals surface area contributed by atoms with Crippen LogP contribution in [-0.2, 0) is 12.0 Å². The van der Waals surface area contributed by atoms with Crippen molar-refractivity contribution in [3.8, 4) is 0 Å². The Labute approximate surface area is 160 Å². The Balaban J connectivity index is 1.90. The molecule has 140 valence electrons. The van der Waals surface area contributed by atoms with Crippen molar-refractivity contribution in [2.24, 2.45) is 11.8 Å². The topological polar surface area (TPSA) is 12.0 Å². The van der Waals surface area contributed by atoms with Gasteiger partial charge in [0.1, 0.15) is 0 Å². The molecule has 1 nitrogen and oxygen atoms in total. The standard InChI is InChI=1S/C25H35N/c1-5-26-25(4,23-12-8-6-10-20(23)3)24-13-9-7-11-22(24)18-19(2)14-15-21-16-17-21/h6-13,19,21,26H,5,14-18H2,1-4H3/t19-,25-/m0/s1. The predicted molar refractivity (Wildman–Crippen MR) is 113 cm³/mol. The number of hydrogen-bond acceptors (Lipinski definition) is 1. The molecule has 0 saturated heterocycles. The van der Waals surface area contributed by atoms with E-state index in [4.69, 9.17) is 0 Å². The van der Waals surface area contributed by atoms with Crippen molar-refractivity contribution in [3.63, 3.8) is 0 Å². The highest BCUT2D eigenvalue weighted by atomic mass is 15.0.